The topological polar surface area (TPSA) is 66.6 Å². The highest BCUT2D eigenvalue weighted by atomic mass is 16.6. The van der Waals surface area contributed by atoms with Crippen LogP contribution in [-0.4, -0.2) is 23.1 Å². The van der Waals surface area contributed by atoms with Gasteiger partial charge in [0.05, 0.1) is 11.0 Å². The van der Waals surface area contributed by atoms with Crippen LogP contribution in [0.1, 0.15) is 45.8 Å². The second kappa shape index (κ2) is 5.64. The van der Waals surface area contributed by atoms with Crippen LogP contribution in [0.3, 0.4) is 0 Å². The first kappa shape index (κ1) is 15.8. The average Bonchev–Trinajstić information content (AvgIpc) is 2.87. The second-order valence-corrected chi connectivity index (χ2v) is 6.98. The molecule has 5 heteroatoms. The van der Waals surface area contributed by atoms with E-state index < -0.39 is 6.10 Å². The molecule has 2 rings (SSSR count). The molecule has 0 saturated carbocycles. The summed E-state index contributed by atoms with van der Waals surface area (Å²) in [6.07, 6.45) is 0.359. The van der Waals surface area contributed by atoms with Crippen LogP contribution < -0.4 is 4.90 Å². The number of nitro benzene ring substituents is 1. The van der Waals surface area contributed by atoms with Gasteiger partial charge in [-0.05, 0) is 36.3 Å². The first-order valence-electron chi connectivity index (χ1n) is 7.41. The summed E-state index contributed by atoms with van der Waals surface area (Å²) in [5.41, 5.74) is 1.54. The van der Waals surface area contributed by atoms with Gasteiger partial charge in [0.1, 0.15) is 5.69 Å². The molecular weight excluding hydrogens is 268 g/mol. The molecule has 0 spiro atoms. The van der Waals surface area contributed by atoms with Gasteiger partial charge in [-0.15, -0.1) is 0 Å². The minimum atomic E-state index is -0.696. The number of hydrogen-bond acceptors (Lipinski definition) is 4. The van der Waals surface area contributed by atoms with Gasteiger partial charge in [0.2, 0.25) is 0 Å². The molecule has 1 aliphatic rings. The fraction of sp³-hybridized carbons (Fsp3) is 0.625. The van der Waals surface area contributed by atoms with Crippen LogP contribution in [0.5, 0.6) is 0 Å². The lowest BCUT2D eigenvalue weighted by Gasteiger charge is -2.27. The minimum Gasteiger partial charge on any atom is -0.389 e. The summed E-state index contributed by atoms with van der Waals surface area (Å²) >= 11 is 0. The van der Waals surface area contributed by atoms with E-state index in [2.05, 4.69) is 25.7 Å². The summed E-state index contributed by atoms with van der Waals surface area (Å²) in [6.45, 7) is 9.95. The molecule has 1 aromatic carbocycles. The fourth-order valence-corrected chi connectivity index (χ4v) is 2.90. The van der Waals surface area contributed by atoms with E-state index in [4.69, 9.17) is 0 Å². The minimum absolute atomic E-state index is 0.0861. The summed E-state index contributed by atoms with van der Waals surface area (Å²) < 4.78 is 0. The molecule has 1 aliphatic heterocycles. The van der Waals surface area contributed by atoms with E-state index in [0.717, 1.165) is 19.5 Å². The molecule has 116 valence electrons. The number of aliphatic hydroxyl groups excluding tert-OH is 1. The molecule has 0 aromatic heterocycles. The number of nitrogens with zero attached hydrogens (tertiary/aromatic N) is 2. The first-order valence-corrected chi connectivity index (χ1v) is 7.41. The maximum atomic E-state index is 11.3. The number of hydrogen-bond donors (Lipinski definition) is 1. The molecule has 2 atom stereocenters. The largest absolute Gasteiger partial charge is 0.389 e. The normalized spacial score (nSPS) is 20.6. The Morgan fingerprint density at radius 2 is 2.10 bits per heavy atom. The Hall–Kier alpha value is -1.62. The summed E-state index contributed by atoms with van der Waals surface area (Å²) in [6, 6.07) is 5.03. The lowest BCUT2D eigenvalue weighted by molar-refractivity contribution is -0.384. The van der Waals surface area contributed by atoms with Gasteiger partial charge in [-0.2, -0.15) is 0 Å². The van der Waals surface area contributed by atoms with Crippen molar-refractivity contribution in [3.63, 3.8) is 0 Å². The van der Waals surface area contributed by atoms with Crippen LogP contribution in [-0.2, 0) is 0 Å². The molecule has 1 saturated heterocycles. The van der Waals surface area contributed by atoms with Crippen LogP contribution in [0.25, 0.3) is 0 Å². The molecule has 1 fully saturated rings. The van der Waals surface area contributed by atoms with E-state index >= 15 is 0 Å². The predicted molar refractivity (Wildman–Crippen MR) is 83.5 cm³/mol. The zero-order valence-corrected chi connectivity index (χ0v) is 13.2. The van der Waals surface area contributed by atoms with Crippen LogP contribution in [0.15, 0.2) is 18.2 Å². The Morgan fingerprint density at radius 1 is 1.43 bits per heavy atom. The molecule has 21 heavy (non-hydrogen) atoms. The summed E-state index contributed by atoms with van der Waals surface area (Å²) in [7, 11) is 0. The van der Waals surface area contributed by atoms with E-state index in [1.54, 1.807) is 19.1 Å². The third-order valence-electron chi connectivity index (χ3n) is 4.43. The molecular formula is C16H24N2O3. The van der Waals surface area contributed by atoms with Gasteiger partial charge in [0.15, 0.2) is 0 Å². The van der Waals surface area contributed by atoms with Crippen molar-refractivity contribution < 1.29 is 10.0 Å². The van der Waals surface area contributed by atoms with Gasteiger partial charge in [0, 0.05) is 19.2 Å². The van der Waals surface area contributed by atoms with Crippen LogP contribution in [0.4, 0.5) is 11.4 Å². The number of anilines is 1. The Balaban J connectivity index is 2.30. The SMILES string of the molecule is C[C@H](O)c1ccc(N2CCC(C(C)(C)C)C2)c([N+](=O)[O-])c1. The van der Waals surface area contributed by atoms with Crippen molar-refractivity contribution in [3.8, 4) is 0 Å². The Labute approximate surface area is 125 Å². The Kier molecular flexibility index (Phi) is 4.23. The van der Waals surface area contributed by atoms with Crippen molar-refractivity contribution in [3.05, 3.63) is 33.9 Å². The van der Waals surface area contributed by atoms with Gasteiger partial charge in [-0.1, -0.05) is 26.8 Å². The maximum Gasteiger partial charge on any atom is 0.292 e. The van der Waals surface area contributed by atoms with E-state index in [9.17, 15) is 15.2 Å². The van der Waals surface area contributed by atoms with Crippen molar-refractivity contribution in [2.45, 2.75) is 40.2 Å². The van der Waals surface area contributed by atoms with Crippen molar-refractivity contribution in [1.29, 1.82) is 0 Å². The number of aliphatic hydroxyl groups is 1. The quantitative estimate of drug-likeness (QED) is 0.683. The molecule has 0 amide bonds. The van der Waals surface area contributed by atoms with Crippen molar-refractivity contribution in [1.82, 2.24) is 0 Å². The van der Waals surface area contributed by atoms with Crippen molar-refractivity contribution in [2.24, 2.45) is 11.3 Å². The summed E-state index contributed by atoms with van der Waals surface area (Å²) in [5, 5.41) is 20.9. The van der Waals surface area contributed by atoms with Crippen LogP contribution >= 0.6 is 0 Å². The van der Waals surface area contributed by atoms with Gasteiger partial charge < -0.3 is 10.0 Å². The molecule has 5 nitrogen and oxygen atoms in total. The van der Waals surface area contributed by atoms with Gasteiger partial charge in [-0.25, -0.2) is 0 Å². The summed E-state index contributed by atoms with van der Waals surface area (Å²) in [5.74, 6) is 0.536. The highest BCUT2D eigenvalue weighted by Gasteiger charge is 2.34. The highest BCUT2D eigenvalue weighted by molar-refractivity contribution is 5.65. The van der Waals surface area contributed by atoms with Crippen molar-refractivity contribution in [2.75, 3.05) is 18.0 Å². The Morgan fingerprint density at radius 3 is 2.57 bits per heavy atom. The molecule has 0 aliphatic carbocycles. The van der Waals surface area contributed by atoms with Gasteiger partial charge in [-0.3, -0.25) is 10.1 Å². The smallest absolute Gasteiger partial charge is 0.292 e. The monoisotopic (exact) mass is 292 g/mol. The molecule has 0 radical (unpaired) electrons. The van der Waals surface area contributed by atoms with E-state index in [-0.39, 0.29) is 16.0 Å². The molecule has 1 heterocycles. The first-order chi connectivity index (χ1) is 9.70. The van der Waals surface area contributed by atoms with Crippen LogP contribution in [0.2, 0.25) is 0 Å². The molecule has 0 bridgehead atoms. The van der Waals surface area contributed by atoms with E-state index in [1.807, 2.05) is 0 Å². The fourth-order valence-electron chi connectivity index (χ4n) is 2.90. The van der Waals surface area contributed by atoms with Gasteiger partial charge >= 0.3 is 0 Å². The number of nitro groups is 1. The molecule has 1 aromatic rings. The third kappa shape index (κ3) is 3.35. The molecule has 1 N–H and O–H groups in total. The van der Waals surface area contributed by atoms with E-state index in [1.165, 1.54) is 6.07 Å². The number of benzene rings is 1. The highest BCUT2D eigenvalue weighted by Crippen LogP contribution is 2.39. The molecule has 1 unspecified atom stereocenters. The van der Waals surface area contributed by atoms with Crippen LogP contribution in [0, 0.1) is 21.4 Å². The Bertz CT molecular complexity index is 535. The van der Waals surface area contributed by atoms with E-state index in [0.29, 0.717) is 17.2 Å². The predicted octanol–water partition coefficient (Wildman–Crippen LogP) is 3.52. The van der Waals surface area contributed by atoms with Crippen molar-refractivity contribution >= 4 is 11.4 Å². The lowest BCUT2D eigenvalue weighted by Crippen LogP contribution is -2.26. The average molecular weight is 292 g/mol. The van der Waals surface area contributed by atoms with Gasteiger partial charge in [0.25, 0.3) is 5.69 Å². The number of rotatable bonds is 3. The zero-order chi connectivity index (χ0) is 15.8. The lowest BCUT2D eigenvalue weighted by atomic mass is 9.80. The third-order valence-corrected chi connectivity index (χ3v) is 4.43. The standard InChI is InChI=1S/C16H24N2O3/c1-11(19)12-5-6-14(15(9-12)18(20)21)17-8-7-13(10-17)16(2,3)4/h5-6,9,11,13,19H,7-8,10H2,1-4H3/t11-,13?/m0/s1. The summed E-state index contributed by atoms with van der Waals surface area (Å²) in [4.78, 5) is 13.1. The maximum absolute atomic E-state index is 11.3. The second-order valence-electron chi connectivity index (χ2n) is 6.98. The zero-order valence-electron chi connectivity index (χ0n) is 13.2.